The van der Waals surface area contributed by atoms with Crippen molar-refractivity contribution in [3.63, 3.8) is 0 Å². The van der Waals surface area contributed by atoms with Crippen LogP contribution < -0.4 is 10.5 Å². The van der Waals surface area contributed by atoms with Gasteiger partial charge in [0.25, 0.3) is 0 Å². The van der Waals surface area contributed by atoms with Crippen LogP contribution in [-0.2, 0) is 0 Å². The molecule has 0 atom stereocenters. The molecule has 0 unspecified atom stereocenters. The van der Waals surface area contributed by atoms with E-state index in [-0.39, 0.29) is 5.84 Å². The SMILES string of the molecule is CCCCN(CCOc1ccc(C(=N)N)cc1)C1CC1. The fourth-order valence-electron chi connectivity index (χ4n) is 2.29. The zero-order valence-electron chi connectivity index (χ0n) is 12.3. The number of amidine groups is 1. The van der Waals surface area contributed by atoms with E-state index >= 15 is 0 Å². The first-order chi connectivity index (χ1) is 9.70. The summed E-state index contributed by atoms with van der Waals surface area (Å²) in [4.78, 5) is 2.55. The minimum atomic E-state index is 0.0935. The molecule has 1 aromatic carbocycles. The summed E-state index contributed by atoms with van der Waals surface area (Å²) in [7, 11) is 0. The minimum absolute atomic E-state index is 0.0935. The van der Waals surface area contributed by atoms with E-state index < -0.39 is 0 Å². The molecule has 3 N–H and O–H groups in total. The van der Waals surface area contributed by atoms with Crippen molar-refractivity contribution in [3.8, 4) is 5.75 Å². The van der Waals surface area contributed by atoms with E-state index in [1.807, 2.05) is 24.3 Å². The van der Waals surface area contributed by atoms with Crippen LogP contribution in [0.1, 0.15) is 38.2 Å². The van der Waals surface area contributed by atoms with Crippen molar-refractivity contribution >= 4 is 5.84 Å². The van der Waals surface area contributed by atoms with Gasteiger partial charge in [-0.3, -0.25) is 10.3 Å². The van der Waals surface area contributed by atoms with Gasteiger partial charge in [-0.2, -0.15) is 0 Å². The van der Waals surface area contributed by atoms with E-state index in [0.717, 1.165) is 30.5 Å². The summed E-state index contributed by atoms with van der Waals surface area (Å²) >= 11 is 0. The van der Waals surface area contributed by atoms with Crippen molar-refractivity contribution < 1.29 is 4.74 Å². The minimum Gasteiger partial charge on any atom is -0.492 e. The topological polar surface area (TPSA) is 62.3 Å². The van der Waals surface area contributed by atoms with Gasteiger partial charge >= 0.3 is 0 Å². The molecule has 2 rings (SSSR count). The van der Waals surface area contributed by atoms with Gasteiger partial charge in [-0.25, -0.2) is 0 Å². The molecule has 1 aromatic rings. The second-order valence-corrected chi connectivity index (χ2v) is 5.41. The van der Waals surface area contributed by atoms with Crippen LogP contribution in [0.5, 0.6) is 5.75 Å². The summed E-state index contributed by atoms with van der Waals surface area (Å²) in [5.41, 5.74) is 6.16. The summed E-state index contributed by atoms with van der Waals surface area (Å²) < 4.78 is 5.78. The highest BCUT2D eigenvalue weighted by molar-refractivity contribution is 5.94. The molecule has 20 heavy (non-hydrogen) atoms. The zero-order chi connectivity index (χ0) is 14.4. The Morgan fingerprint density at radius 1 is 1.30 bits per heavy atom. The fourth-order valence-corrected chi connectivity index (χ4v) is 2.29. The molecule has 1 fully saturated rings. The van der Waals surface area contributed by atoms with Crippen LogP contribution in [0.25, 0.3) is 0 Å². The van der Waals surface area contributed by atoms with E-state index in [0.29, 0.717) is 0 Å². The lowest BCUT2D eigenvalue weighted by Crippen LogP contribution is -2.31. The van der Waals surface area contributed by atoms with Gasteiger partial charge in [0.15, 0.2) is 0 Å². The number of hydrogen-bond acceptors (Lipinski definition) is 3. The van der Waals surface area contributed by atoms with Crippen molar-refractivity contribution in [3.05, 3.63) is 29.8 Å². The molecule has 0 saturated heterocycles. The molecule has 1 saturated carbocycles. The molecule has 0 aromatic heterocycles. The quantitative estimate of drug-likeness (QED) is 0.538. The lowest BCUT2D eigenvalue weighted by atomic mass is 10.2. The largest absolute Gasteiger partial charge is 0.492 e. The van der Waals surface area contributed by atoms with E-state index in [1.54, 1.807) is 0 Å². The van der Waals surface area contributed by atoms with Crippen LogP contribution in [-0.4, -0.2) is 36.5 Å². The number of nitrogens with zero attached hydrogens (tertiary/aromatic N) is 1. The average Bonchev–Trinajstić information content (AvgIpc) is 3.27. The molecule has 1 aliphatic rings. The molecule has 0 spiro atoms. The molecule has 0 amide bonds. The molecule has 4 heteroatoms. The predicted molar refractivity (Wildman–Crippen MR) is 82.5 cm³/mol. The van der Waals surface area contributed by atoms with Gasteiger partial charge in [-0.1, -0.05) is 13.3 Å². The molecular weight excluding hydrogens is 250 g/mol. The normalized spacial score (nSPS) is 14.5. The molecule has 1 aliphatic carbocycles. The number of ether oxygens (including phenoxy) is 1. The summed E-state index contributed by atoms with van der Waals surface area (Å²) in [5.74, 6) is 0.942. The van der Waals surface area contributed by atoms with Crippen LogP contribution in [0.4, 0.5) is 0 Å². The number of nitrogens with one attached hydrogen (secondary N) is 1. The third kappa shape index (κ3) is 4.53. The number of nitrogen functional groups attached to an aromatic ring is 1. The Bertz CT molecular complexity index is 426. The third-order valence-corrected chi connectivity index (χ3v) is 3.67. The number of nitrogens with two attached hydrogens (primary N) is 1. The van der Waals surface area contributed by atoms with Crippen LogP contribution in [0, 0.1) is 5.41 Å². The number of rotatable bonds is 9. The van der Waals surface area contributed by atoms with Crippen molar-refractivity contribution in [1.82, 2.24) is 4.90 Å². The highest BCUT2D eigenvalue weighted by Gasteiger charge is 2.27. The Morgan fingerprint density at radius 2 is 2.00 bits per heavy atom. The summed E-state index contributed by atoms with van der Waals surface area (Å²) in [6.45, 7) is 5.14. The van der Waals surface area contributed by atoms with Gasteiger partial charge in [0, 0.05) is 18.2 Å². The van der Waals surface area contributed by atoms with Gasteiger partial charge in [-0.05, 0) is 50.1 Å². The van der Waals surface area contributed by atoms with E-state index in [4.69, 9.17) is 15.9 Å². The monoisotopic (exact) mass is 275 g/mol. The molecule has 0 aliphatic heterocycles. The summed E-state index contributed by atoms with van der Waals surface area (Å²) in [5, 5.41) is 7.35. The first kappa shape index (κ1) is 14.9. The van der Waals surface area contributed by atoms with Gasteiger partial charge in [-0.15, -0.1) is 0 Å². The van der Waals surface area contributed by atoms with Gasteiger partial charge in [0.2, 0.25) is 0 Å². The smallest absolute Gasteiger partial charge is 0.122 e. The maximum atomic E-state index is 7.35. The highest BCUT2D eigenvalue weighted by Crippen LogP contribution is 2.26. The van der Waals surface area contributed by atoms with E-state index in [9.17, 15) is 0 Å². The van der Waals surface area contributed by atoms with Gasteiger partial charge < -0.3 is 10.5 Å². The Hall–Kier alpha value is -1.55. The number of unbranched alkanes of at least 4 members (excludes halogenated alkanes) is 1. The van der Waals surface area contributed by atoms with E-state index in [1.165, 1.54) is 32.2 Å². The van der Waals surface area contributed by atoms with Crippen LogP contribution >= 0.6 is 0 Å². The van der Waals surface area contributed by atoms with Crippen LogP contribution in [0.3, 0.4) is 0 Å². The van der Waals surface area contributed by atoms with Crippen molar-refractivity contribution in [2.75, 3.05) is 19.7 Å². The average molecular weight is 275 g/mol. The lowest BCUT2D eigenvalue weighted by molar-refractivity contribution is 0.199. The molecule has 0 heterocycles. The zero-order valence-corrected chi connectivity index (χ0v) is 12.3. The van der Waals surface area contributed by atoms with Crippen molar-refractivity contribution in [2.45, 2.75) is 38.6 Å². The Morgan fingerprint density at radius 3 is 2.55 bits per heavy atom. The number of hydrogen-bond donors (Lipinski definition) is 2. The van der Waals surface area contributed by atoms with Gasteiger partial charge in [0.05, 0.1) is 0 Å². The highest BCUT2D eigenvalue weighted by atomic mass is 16.5. The predicted octanol–water partition coefficient (Wildman–Crippen LogP) is 2.61. The second-order valence-electron chi connectivity index (χ2n) is 5.41. The van der Waals surface area contributed by atoms with Crippen molar-refractivity contribution in [2.24, 2.45) is 5.73 Å². The van der Waals surface area contributed by atoms with Crippen LogP contribution in [0.15, 0.2) is 24.3 Å². The summed E-state index contributed by atoms with van der Waals surface area (Å²) in [6, 6.07) is 8.21. The molecule has 4 nitrogen and oxygen atoms in total. The Kier molecular flexibility index (Phi) is 5.41. The van der Waals surface area contributed by atoms with Crippen molar-refractivity contribution in [1.29, 1.82) is 5.41 Å². The Labute approximate surface area is 121 Å². The third-order valence-electron chi connectivity index (χ3n) is 3.67. The fraction of sp³-hybridized carbons (Fsp3) is 0.562. The standard InChI is InChI=1S/C16H25N3O/c1-2-3-10-19(14-6-7-14)11-12-20-15-8-4-13(5-9-15)16(17)18/h4-5,8-9,14H,2-3,6-7,10-12H2,1H3,(H3,17,18). The lowest BCUT2D eigenvalue weighted by Gasteiger charge is -2.21. The van der Waals surface area contributed by atoms with E-state index in [2.05, 4.69) is 11.8 Å². The van der Waals surface area contributed by atoms with Gasteiger partial charge in [0.1, 0.15) is 18.2 Å². The molecule has 110 valence electrons. The number of benzene rings is 1. The first-order valence-corrected chi connectivity index (χ1v) is 7.52. The maximum Gasteiger partial charge on any atom is 0.122 e. The maximum absolute atomic E-state index is 7.35. The Balaban J connectivity index is 1.74. The first-order valence-electron chi connectivity index (χ1n) is 7.52. The molecule has 0 bridgehead atoms. The molecular formula is C16H25N3O. The molecule has 0 radical (unpaired) electrons. The summed E-state index contributed by atoms with van der Waals surface area (Å²) in [6.07, 6.45) is 5.20. The van der Waals surface area contributed by atoms with Crippen LogP contribution in [0.2, 0.25) is 0 Å². The second kappa shape index (κ2) is 7.29.